The Bertz CT molecular complexity index is 3880. The van der Waals surface area contributed by atoms with Crippen LogP contribution in [0.4, 0.5) is 17.1 Å². The van der Waals surface area contributed by atoms with Gasteiger partial charge in [-0.25, -0.2) is 0 Å². The molecule has 0 aromatic heterocycles. The summed E-state index contributed by atoms with van der Waals surface area (Å²) in [5.41, 5.74) is 20.3. The molecule has 0 unspecified atom stereocenters. The Morgan fingerprint density at radius 2 is 0.618 bits per heavy atom. The molecule has 0 saturated heterocycles. The number of benzene rings is 12. The van der Waals surface area contributed by atoms with Gasteiger partial charge < -0.3 is 4.90 Å². The minimum Gasteiger partial charge on any atom is -0.310 e. The summed E-state index contributed by atoms with van der Waals surface area (Å²) in [5.74, 6) is 0. The first-order valence-corrected chi connectivity index (χ1v) is 23.7. The minimum atomic E-state index is -0.514. The quantitative estimate of drug-likeness (QED) is 0.151. The van der Waals surface area contributed by atoms with E-state index in [2.05, 4.69) is 266 Å². The second-order valence-corrected chi connectivity index (χ2v) is 18.3. The van der Waals surface area contributed by atoms with E-state index in [1.54, 1.807) is 0 Å². The van der Waals surface area contributed by atoms with Crippen molar-refractivity contribution in [3.63, 3.8) is 0 Å². The molecule has 0 amide bonds. The molecule has 0 heterocycles. The Morgan fingerprint density at radius 3 is 1.16 bits per heavy atom. The van der Waals surface area contributed by atoms with Crippen LogP contribution in [-0.2, 0) is 5.41 Å². The monoisotopic (exact) mass is 861 g/mol. The normalized spacial score (nSPS) is 12.8. The summed E-state index contributed by atoms with van der Waals surface area (Å²) in [4.78, 5) is 2.55. The van der Waals surface area contributed by atoms with Gasteiger partial charge in [-0.3, -0.25) is 0 Å². The topological polar surface area (TPSA) is 3.24 Å². The Kier molecular flexibility index (Phi) is 8.57. The van der Waals surface area contributed by atoms with Crippen molar-refractivity contribution < 1.29 is 0 Å². The van der Waals surface area contributed by atoms with Gasteiger partial charge in [-0.05, 0) is 141 Å². The average molecular weight is 862 g/mol. The van der Waals surface area contributed by atoms with Gasteiger partial charge in [0.1, 0.15) is 0 Å². The lowest BCUT2D eigenvalue weighted by Gasteiger charge is -2.33. The SMILES string of the molecule is c1ccc(-c2ccc(N(c3ccc4c5ccccc5c5ccccc5c4c3)c3cc4c(cc3-c3ccccc3)-c3ccccc3C43c4ccccc4-c4ccccc43)cc2-c2ccccc2)cc1. The van der Waals surface area contributed by atoms with Crippen LogP contribution >= 0.6 is 0 Å². The molecule has 0 saturated carbocycles. The fourth-order valence-corrected chi connectivity index (χ4v) is 12.0. The maximum Gasteiger partial charge on any atom is 0.0726 e. The molecule has 1 nitrogen and oxygen atoms in total. The van der Waals surface area contributed by atoms with E-state index in [9.17, 15) is 0 Å². The van der Waals surface area contributed by atoms with Crippen molar-refractivity contribution in [2.75, 3.05) is 4.90 Å². The zero-order valence-corrected chi connectivity index (χ0v) is 37.3. The molecule has 316 valence electrons. The van der Waals surface area contributed by atoms with Crippen molar-refractivity contribution in [3.05, 3.63) is 283 Å². The summed E-state index contributed by atoms with van der Waals surface area (Å²) in [5, 5.41) is 7.53. The molecule has 1 spiro atoms. The smallest absolute Gasteiger partial charge is 0.0726 e. The summed E-state index contributed by atoms with van der Waals surface area (Å²) < 4.78 is 0. The number of nitrogens with zero attached hydrogens (tertiary/aromatic N) is 1. The fraction of sp³-hybridized carbons (Fsp3) is 0.0149. The van der Waals surface area contributed by atoms with Gasteiger partial charge >= 0.3 is 0 Å². The minimum absolute atomic E-state index is 0.514. The number of rotatable bonds is 6. The highest BCUT2D eigenvalue weighted by atomic mass is 15.1. The largest absolute Gasteiger partial charge is 0.310 e. The Hall–Kier alpha value is -8.78. The molecular formula is C67H43N. The van der Waals surface area contributed by atoms with E-state index in [4.69, 9.17) is 0 Å². The van der Waals surface area contributed by atoms with Gasteiger partial charge in [0.25, 0.3) is 0 Å². The highest BCUT2D eigenvalue weighted by Gasteiger charge is 2.52. The van der Waals surface area contributed by atoms with Gasteiger partial charge in [-0.15, -0.1) is 0 Å². The van der Waals surface area contributed by atoms with Crippen LogP contribution in [-0.4, -0.2) is 0 Å². The lowest BCUT2D eigenvalue weighted by Crippen LogP contribution is -2.26. The average Bonchev–Trinajstić information content (AvgIpc) is 3.88. The molecule has 2 aliphatic rings. The third kappa shape index (κ3) is 5.57. The highest BCUT2D eigenvalue weighted by Crippen LogP contribution is 2.64. The second-order valence-electron chi connectivity index (χ2n) is 18.3. The van der Waals surface area contributed by atoms with Crippen molar-refractivity contribution in [1.82, 2.24) is 0 Å². The van der Waals surface area contributed by atoms with Crippen molar-refractivity contribution in [2.24, 2.45) is 0 Å². The molecule has 0 N–H and O–H groups in total. The summed E-state index contributed by atoms with van der Waals surface area (Å²) in [6.07, 6.45) is 0. The summed E-state index contributed by atoms with van der Waals surface area (Å²) in [7, 11) is 0. The van der Waals surface area contributed by atoms with Crippen LogP contribution in [0.1, 0.15) is 22.3 Å². The molecule has 1 heteroatoms. The van der Waals surface area contributed by atoms with E-state index in [-0.39, 0.29) is 0 Å². The molecule has 12 aromatic carbocycles. The molecule has 0 atom stereocenters. The van der Waals surface area contributed by atoms with Crippen LogP contribution in [0.25, 0.3) is 88.0 Å². The molecule has 0 aliphatic heterocycles. The van der Waals surface area contributed by atoms with Crippen molar-refractivity contribution in [2.45, 2.75) is 5.41 Å². The van der Waals surface area contributed by atoms with Crippen molar-refractivity contribution in [1.29, 1.82) is 0 Å². The van der Waals surface area contributed by atoms with E-state index in [0.29, 0.717) is 0 Å². The first kappa shape index (κ1) is 38.5. The van der Waals surface area contributed by atoms with Crippen LogP contribution in [0.15, 0.2) is 261 Å². The van der Waals surface area contributed by atoms with Crippen molar-refractivity contribution in [3.8, 4) is 55.6 Å². The number of fused-ring (bicyclic) bond motifs is 16. The molecule has 0 fully saturated rings. The van der Waals surface area contributed by atoms with E-state index < -0.39 is 5.41 Å². The maximum atomic E-state index is 2.56. The van der Waals surface area contributed by atoms with Crippen LogP contribution in [0, 0.1) is 0 Å². The van der Waals surface area contributed by atoms with Gasteiger partial charge in [0, 0.05) is 16.9 Å². The zero-order valence-electron chi connectivity index (χ0n) is 37.3. The molecule has 14 rings (SSSR count). The van der Waals surface area contributed by atoms with Gasteiger partial charge in [-0.1, -0.05) is 224 Å². The molecule has 68 heavy (non-hydrogen) atoms. The Morgan fingerprint density at radius 1 is 0.221 bits per heavy atom. The molecule has 0 radical (unpaired) electrons. The van der Waals surface area contributed by atoms with Gasteiger partial charge in [0.15, 0.2) is 0 Å². The molecule has 2 aliphatic carbocycles. The standard InChI is InChI=1S/C67H43N/c1-4-20-44(21-5-1)49-38-36-47(40-58(49)45-22-6-2-7-23-45)68(48-37-39-54-52-28-11-10-26-50(52)51-27-12-13-29-53(51)60(54)41-48)66-43-65-61(42-59(66)46-24-8-3-9-25-46)57-32-16-19-35-64(57)67(65)62-33-17-14-30-55(62)56-31-15-18-34-63(56)67/h1-43H. The number of hydrogen-bond acceptors (Lipinski definition) is 1. The Balaban J connectivity index is 1.12. The maximum absolute atomic E-state index is 2.56. The number of anilines is 3. The lowest BCUT2D eigenvalue weighted by molar-refractivity contribution is 0.794. The molecule has 12 aromatic rings. The van der Waals surface area contributed by atoms with Crippen LogP contribution < -0.4 is 4.90 Å². The summed E-state index contributed by atoms with van der Waals surface area (Å²) in [6.45, 7) is 0. The van der Waals surface area contributed by atoms with Crippen LogP contribution in [0.3, 0.4) is 0 Å². The highest BCUT2D eigenvalue weighted by molar-refractivity contribution is 6.26. The van der Waals surface area contributed by atoms with Gasteiger partial charge in [0.05, 0.1) is 11.1 Å². The first-order chi connectivity index (χ1) is 33.8. The molecular weight excluding hydrogens is 819 g/mol. The predicted octanol–water partition coefficient (Wildman–Crippen LogP) is 18.0. The van der Waals surface area contributed by atoms with E-state index >= 15 is 0 Å². The van der Waals surface area contributed by atoms with E-state index in [1.165, 1.54) is 110 Å². The van der Waals surface area contributed by atoms with E-state index in [1.807, 2.05) is 0 Å². The summed E-state index contributed by atoms with van der Waals surface area (Å²) >= 11 is 0. The van der Waals surface area contributed by atoms with Crippen molar-refractivity contribution >= 4 is 49.4 Å². The second kappa shape index (κ2) is 15.1. The number of hydrogen-bond donors (Lipinski definition) is 0. The van der Waals surface area contributed by atoms with Crippen LogP contribution in [0.5, 0.6) is 0 Å². The third-order valence-electron chi connectivity index (χ3n) is 14.9. The third-order valence-corrected chi connectivity index (χ3v) is 14.9. The fourth-order valence-electron chi connectivity index (χ4n) is 12.0. The Labute approximate surface area is 396 Å². The van der Waals surface area contributed by atoms with E-state index in [0.717, 1.165) is 17.1 Å². The van der Waals surface area contributed by atoms with Gasteiger partial charge in [0.2, 0.25) is 0 Å². The summed E-state index contributed by atoms with van der Waals surface area (Å²) in [6, 6.07) is 97.2. The predicted molar refractivity (Wildman–Crippen MR) is 286 cm³/mol. The zero-order chi connectivity index (χ0) is 44.8. The molecule has 0 bridgehead atoms. The van der Waals surface area contributed by atoms with Crippen LogP contribution in [0.2, 0.25) is 0 Å². The first-order valence-electron chi connectivity index (χ1n) is 23.7. The van der Waals surface area contributed by atoms with Gasteiger partial charge in [-0.2, -0.15) is 0 Å². The lowest BCUT2D eigenvalue weighted by atomic mass is 9.70.